The zero-order chi connectivity index (χ0) is 15.6. The minimum atomic E-state index is -3.73. The van der Waals surface area contributed by atoms with E-state index in [0.29, 0.717) is 6.61 Å². The predicted molar refractivity (Wildman–Crippen MR) is 75.8 cm³/mol. The number of aliphatic hydroxyl groups is 1. The molecule has 2 N–H and O–H groups in total. The van der Waals surface area contributed by atoms with E-state index in [9.17, 15) is 12.8 Å². The van der Waals surface area contributed by atoms with Crippen LogP contribution in [-0.4, -0.2) is 32.8 Å². The fraction of sp³-hybridized carbons (Fsp3) is 0.571. The fourth-order valence-corrected chi connectivity index (χ4v) is 3.65. The average molecular weight is 317 g/mol. The molecule has 0 aliphatic carbocycles. The monoisotopic (exact) mass is 317 g/mol. The molecule has 0 radical (unpaired) electrons. The molecule has 21 heavy (non-hydrogen) atoms. The number of nitrogens with one attached hydrogen (secondary N) is 1. The summed E-state index contributed by atoms with van der Waals surface area (Å²) < 4.78 is 46.1. The number of sulfonamides is 1. The van der Waals surface area contributed by atoms with Gasteiger partial charge in [-0.3, -0.25) is 0 Å². The molecule has 2 unspecified atom stereocenters. The lowest BCUT2D eigenvalue weighted by Crippen LogP contribution is -2.32. The summed E-state index contributed by atoms with van der Waals surface area (Å²) in [6, 6.07) is 2.44. The largest absolute Gasteiger partial charge is 0.392 e. The molecule has 2 rings (SSSR count). The number of aryl methyl sites for hydroxylation is 1. The minimum absolute atomic E-state index is 0.0204. The zero-order valence-corrected chi connectivity index (χ0v) is 12.9. The van der Waals surface area contributed by atoms with Gasteiger partial charge < -0.3 is 9.84 Å². The third-order valence-electron chi connectivity index (χ3n) is 3.85. The number of aliphatic hydroxyl groups excluding tert-OH is 1. The van der Waals surface area contributed by atoms with E-state index < -0.39 is 22.4 Å². The van der Waals surface area contributed by atoms with Gasteiger partial charge in [0.15, 0.2) is 0 Å². The van der Waals surface area contributed by atoms with Crippen molar-refractivity contribution in [3.05, 3.63) is 29.1 Å². The Kier molecular flexibility index (Phi) is 4.98. The first kappa shape index (κ1) is 16.4. The summed E-state index contributed by atoms with van der Waals surface area (Å²) in [5.74, 6) is -0.437. The Morgan fingerprint density at radius 1 is 1.48 bits per heavy atom. The van der Waals surface area contributed by atoms with Gasteiger partial charge in [0.05, 0.1) is 17.6 Å². The lowest BCUT2D eigenvalue weighted by molar-refractivity contribution is 0.107. The van der Waals surface area contributed by atoms with Crippen LogP contribution in [0, 0.1) is 18.7 Å². The van der Waals surface area contributed by atoms with Crippen LogP contribution in [0.5, 0.6) is 0 Å². The molecule has 0 bridgehead atoms. The topological polar surface area (TPSA) is 75.6 Å². The Morgan fingerprint density at radius 3 is 2.76 bits per heavy atom. The van der Waals surface area contributed by atoms with E-state index in [0.717, 1.165) is 6.42 Å². The van der Waals surface area contributed by atoms with E-state index in [2.05, 4.69) is 4.72 Å². The van der Waals surface area contributed by atoms with Crippen LogP contribution in [0.1, 0.15) is 24.5 Å². The Morgan fingerprint density at radius 2 is 2.19 bits per heavy atom. The maximum atomic E-state index is 13.7. The van der Waals surface area contributed by atoms with Crippen LogP contribution >= 0.6 is 0 Å². The van der Waals surface area contributed by atoms with Gasteiger partial charge in [-0.05, 0) is 38.0 Å². The standard InChI is InChI=1S/C14H20FNO4S/c1-9-5-13(6-12(8-17)14(9)15)21(18,19)16-7-11-3-4-20-10(11)2/h5-6,10-11,16-17H,3-4,7-8H2,1-2H3. The van der Waals surface area contributed by atoms with Crippen LogP contribution in [0.2, 0.25) is 0 Å². The molecule has 118 valence electrons. The zero-order valence-electron chi connectivity index (χ0n) is 12.1. The number of rotatable bonds is 5. The van der Waals surface area contributed by atoms with Crippen molar-refractivity contribution in [2.45, 2.75) is 37.9 Å². The molecule has 0 aromatic heterocycles. The van der Waals surface area contributed by atoms with Gasteiger partial charge in [0.2, 0.25) is 10.0 Å². The van der Waals surface area contributed by atoms with Gasteiger partial charge in [-0.15, -0.1) is 0 Å². The van der Waals surface area contributed by atoms with Gasteiger partial charge in [-0.25, -0.2) is 17.5 Å². The number of hydrogen-bond acceptors (Lipinski definition) is 4. The number of benzene rings is 1. The molecule has 1 saturated heterocycles. The second-order valence-electron chi connectivity index (χ2n) is 5.35. The Hall–Kier alpha value is -1.02. The van der Waals surface area contributed by atoms with Crippen molar-refractivity contribution in [2.24, 2.45) is 5.92 Å². The highest BCUT2D eigenvalue weighted by molar-refractivity contribution is 7.89. The normalized spacial score (nSPS) is 22.7. The molecule has 0 amide bonds. The minimum Gasteiger partial charge on any atom is -0.392 e. The van der Waals surface area contributed by atoms with Crippen LogP contribution in [0.25, 0.3) is 0 Å². The third kappa shape index (κ3) is 3.60. The molecule has 1 fully saturated rings. The lowest BCUT2D eigenvalue weighted by Gasteiger charge is -2.15. The molecule has 1 aromatic carbocycles. The quantitative estimate of drug-likeness (QED) is 0.859. The summed E-state index contributed by atoms with van der Waals surface area (Å²) in [5, 5.41) is 9.10. The van der Waals surface area contributed by atoms with Gasteiger partial charge in [0.25, 0.3) is 0 Å². The van der Waals surface area contributed by atoms with Crippen molar-refractivity contribution < 1.29 is 22.7 Å². The van der Waals surface area contributed by atoms with Crippen LogP contribution in [-0.2, 0) is 21.4 Å². The van der Waals surface area contributed by atoms with Crippen LogP contribution in [0.15, 0.2) is 17.0 Å². The predicted octanol–water partition coefficient (Wildman–Crippen LogP) is 1.33. The van der Waals surface area contributed by atoms with Crippen molar-refractivity contribution >= 4 is 10.0 Å². The van der Waals surface area contributed by atoms with E-state index in [1.54, 1.807) is 0 Å². The molecule has 1 aromatic rings. The molecule has 1 aliphatic rings. The van der Waals surface area contributed by atoms with Crippen LogP contribution in [0.4, 0.5) is 4.39 Å². The number of hydrogen-bond donors (Lipinski definition) is 2. The summed E-state index contributed by atoms with van der Waals surface area (Å²) in [4.78, 5) is -0.0305. The van der Waals surface area contributed by atoms with E-state index >= 15 is 0 Å². The highest BCUT2D eigenvalue weighted by Gasteiger charge is 2.26. The molecular formula is C14H20FNO4S. The van der Waals surface area contributed by atoms with Gasteiger partial charge in [-0.2, -0.15) is 0 Å². The maximum Gasteiger partial charge on any atom is 0.240 e. The first-order valence-corrected chi connectivity index (χ1v) is 8.34. The van der Waals surface area contributed by atoms with Crippen molar-refractivity contribution in [3.8, 4) is 0 Å². The van der Waals surface area contributed by atoms with Crippen LogP contribution in [0.3, 0.4) is 0 Å². The molecule has 7 heteroatoms. The van der Waals surface area contributed by atoms with Crippen molar-refractivity contribution in [1.82, 2.24) is 4.72 Å². The summed E-state index contributed by atoms with van der Waals surface area (Å²) in [5.41, 5.74) is 0.174. The van der Waals surface area contributed by atoms with Crippen molar-refractivity contribution in [1.29, 1.82) is 0 Å². The second-order valence-corrected chi connectivity index (χ2v) is 7.11. The third-order valence-corrected chi connectivity index (χ3v) is 5.26. The Balaban J connectivity index is 2.17. The van der Waals surface area contributed by atoms with E-state index in [4.69, 9.17) is 9.84 Å². The number of halogens is 1. The summed E-state index contributed by atoms with van der Waals surface area (Å²) in [7, 11) is -3.73. The molecule has 5 nitrogen and oxygen atoms in total. The lowest BCUT2D eigenvalue weighted by atomic mass is 10.0. The van der Waals surface area contributed by atoms with E-state index in [1.807, 2.05) is 6.92 Å². The number of ether oxygens (including phenoxy) is 1. The van der Waals surface area contributed by atoms with Gasteiger partial charge >= 0.3 is 0 Å². The van der Waals surface area contributed by atoms with Gasteiger partial charge in [0, 0.05) is 24.6 Å². The van der Waals surface area contributed by atoms with Crippen LogP contribution < -0.4 is 4.72 Å². The average Bonchev–Trinajstić information content (AvgIpc) is 2.85. The molecular weight excluding hydrogens is 297 g/mol. The maximum absolute atomic E-state index is 13.7. The van der Waals surface area contributed by atoms with E-state index in [1.165, 1.54) is 19.1 Å². The molecule has 0 saturated carbocycles. The molecule has 0 spiro atoms. The highest BCUT2D eigenvalue weighted by Crippen LogP contribution is 2.22. The van der Waals surface area contributed by atoms with E-state index in [-0.39, 0.29) is 34.6 Å². The Bertz CT molecular complexity index is 618. The molecule has 1 aliphatic heterocycles. The summed E-state index contributed by atoms with van der Waals surface area (Å²) in [6.45, 7) is 3.77. The summed E-state index contributed by atoms with van der Waals surface area (Å²) >= 11 is 0. The first-order valence-electron chi connectivity index (χ1n) is 6.86. The van der Waals surface area contributed by atoms with Gasteiger partial charge in [-0.1, -0.05) is 0 Å². The fourth-order valence-electron chi connectivity index (χ4n) is 2.42. The molecule has 1 heterocycles. The summed E-state index contributed by atoms with van der Waals surface area (Å²) in [6.07, 6.45) is 0.837. The first-order chi connectivity index (χ1) is 9.85. The van der Waals surface area contributed by atoms with Crippen molar-refractivity contribution in [2.75, 3.05) is 13.2 Å². The second kappa shape index (κ2) is 6.39. The molecule has 2 atom stereocenters. The Labute approximate surface area is 124 Å². The smallest absolute Gasteiger partial charge is 0.240 e. The highest BCUT2D eigenvalue weighted by atomic mass is 32.2. The van der Waals surface area contributed by atoms with Gasteiger partial charge in [0.1, 0.15) is 5.82 Å². The SMILES string of the molecule is Cc1cc(S(=O)(=O)NCC2CCOC2C)cc(CO)c1F. The van der Waals surface area contributed by atoms with Crippen molar-refractivity contribution in [3.63, 3.8) is 0 Å².